The lowest BCUT2D eigenvalue weighted by Gasteiger charge is -2.37. The molecule has 0 saturated carbocycles. The lowest BCUT2D eigenvalue weighted by Crippen LogP contribution is -2.54. The fraction of sp³-hybridized carbons (Fsp3) is 0.556. The van der Waals surface area contributed by atoms with E-state index in [2.05, 4.69) is 0 Å². The molecule has 2 rings (SSSR count). The molecule has 1 aliphatic heterocycles. The summed E-state index contributed by atoms with van der Waals surface area (Å²) in [6.07, 6.45) is 0.905. The van der Waals surface area contributed by atoms with Gasteiger partial charge in [-0.1, -0.05) is 12.1 Å². The molecule has 24 heavy (non-hydrogen) atoms. The van der Waals surface area contributed by atoms with E-state index in [1.807, 2.05) is 24.8 Å². The van der Waals surface area contributed by atoms with Crippen LogP contribution in [0.3, 0.4) is 0 Å². The van der Waals surface area contributed by atoms with Gasteiger partial charge in [0.2, 0.25) is 5.91 Å². The minimum absolute atomic E-state index is 0.0480. The number of hydrogen-bond acceptors (Lipinski definition) is 2. The van der Waals surface area contributed by atoms with Crippen LogP contribution in [0.1, 0.15) is 25.8 Å². The topological polar surface area (TPSA) is 43.9 Å². The number of aryl methyl sites for hydroxylation is 1. The predicted octanol–water partition coefficient (Wildman–Crippen LogP) is 2.36. The average Bonchev–Trinajstić information content (AvgIpc) is 2.61. The lowest BCUT2D eigenvalue weighted by atomic mass is 10.1. The number of rotatable bonds is 5. The van der Waals surface area contributed by atoms with Crippen LogP contribution in [0, 0.1) is 5.82 Å². The molecular weight excluding hydrogens is 309 g/mol. The van der Waals surface area contributed by atoms with E-state index in [4.69, 9.17) is 0 Å². The molecule has 1 aliphatic rings. The zero-order valence-electron chi connectivity index (χ0n) is 14.5. The first kappa shape index (κ1) is 18.2. The molecule has 132 valence electrons. The van der Waals surface area contributed by atoms with Crippen molar-refractivity contribution >= 4 is 11.9 Å². The van der Waals surface area contributed by atoms with Crippen molar-refractivity contribution in [3.05, 3.63) is 35.6 Å². The van der Waals surface area contributed by atoms with Gasteiger partial charge in [0, 0.05) is 45.7 Å². The third-order valence-electron chi connectivity index (χ3n) is 4.45. The molecule has 0 spiro atoms. The van der Waals surface area contributed by atoms with E-state index in [0.29, 0.717) is 52.1 Å². The van der Waals surface area contributed by atoms with Gasteiger partial charge in [-0.2, -0.15) is 0 Å². The van der Waals surface area contributed by atoms with Crippen molar-refractivity contribution in [2.75, 3.05) is 39.3 Å². The third kappa shape index (κ3) is 4.69. The number of benzene rings is 1. The second-order valence-corrected chi connectivity index (χ2v) is 5.95. The zero-order chi connectivity index (χ0) is 17.5. The quantitative estimate of drug-likeness (QED) is 0.829. The lowest BCUT2D eigenvalue weighted by molar-refractivity contribution is -0.132. The van der Waals surface area contributed by atoms with E-state index in [9.17, 15) is 14.0 Å². The molecule has 1 aromatic rings. The average molecular weight is 335 g/mol. The largest absolute Gasteiger partial charge is 0.339 e. The highest BCUT2D eigenvalue weighted by molar-refractivity contribution is 5.78. The smallest absolute Gasteiger partial charge is 0.320 e. The molecule has 1 aromatic carbocycles. The summed E-state index contributed by atoms with van der Waals surface area (Å²) in [7, 11) is 0. The van der Waals surface area contributed by atoms with E-state index < -0.39 is 0 Å². The molecule has 0 unspecified atom stereocenters. The maximum absolute atomic E-state index is 13.2. The van der Waals surface area contributed by atoms with Crippen LogP contribution >= 0.6 is 0 Å². The van der Waals surface area contributed by atoms with Crippen LogP contribution < -0.4 is 0 Å². The highest BCUT2D eigenvalue weighted by atomic mass is 19.1. The molecule has 0 N–H and O–H groups in total. The highest BCUT2D eigenvalue weighted by Crippen LogP contribution is 2.10. The van der Waals surface area contributed by atoms with E-state index in [1.165, 1.54) is 12.1 Å². The van der Waals surface area contributed by atoms with Crippen LogP contribution in [0.15, 0.2) is 24.3 Å². The first-order valence-corrected chi connectivity index (χ1v) is 8.61. The molecule has 0 radical (unpaired) electrons. The Hall–Kier alpha value is -2.11. The van der Waals surface area contributed by atoms with E-state index in [0.717, 1.165) is 5.56 Å². The monoisotopic (exact) mass is 335 g/mol. The Bertz CT molecular complexity index is 567. The zero-order valence-corrected chi connectivity index (χ0v) is 14.5. The number of carbonyl (C=O) groups excluding carboxylic acids is 2. The molecule has 5 nitrogen and oxygen atoms in total. The Labute approximate surface area is 143 Å². The summed E-state index contributed by atoms with van der Waals surface area (Å²) in [5.74, 6) is -0.210. The van der Waals surface area contributed by atoms with Crippen molar-refractivity contribution in [2.24, 2.45) is 0 Å². The Morgan fingerprint density at radius 1 is 1.08 bits per heavy atom. The van der Waals surface area contributed by atoms with Crippen molar-refractivity contribution in [1.29, 1.82) is 0 Å². The first-order valence-electron chi connectivity index (χ1n) is 8.61. The first-order chi connectivity index (χ1) is 11.5. The number of carbonyl (C=O) groups is 2. The molecule has 1 fully saturated rings. The van der Waals surface area contributed by atoms with Crippen molar-refractivity contribution < 1.29 is 14.0 Å². The normalized spacial score (nSPS) is 14.6. The maximum atomic E-state index is 13.2. The SMILES string of the molecule is CCN(CC)C(=O)N1CCN(C(=O)CCc2cccc(F)c2)CC1. The fourth-order valence-corrected chi connectivity index (χ4v) is 2.94. The number of nitrogens with zero attached hydrogens (tertiary/aromatic N) is 3. The van der Waals surface area contributed by atoms with Gasteiger partial charge in [0.05, 0.1) is 0 Å². The second kappa shape index (κ2) is 8.66. The molecule has 1 saturated heterocycles. The Morgan fingerprint density at radius 2 is 1.71 bits per heavy atom. The van der Waals surface area contributed by atoms with Crippen molar-refractivity contribution in [3.63, 3.8) is 0 Å². The minimum Gasteiger partial charge on any atom is -0.339 e. The van der Waals surface area contributed by atoms with Gasteiger partial charge in [-0.25, -0.2) is 9.18 Å². The van der Waals surface area contributed by atoms with Gasteiger partial charge in [-0.15, -0.1) is 0 Å². The molecule has 3 amide bonds. The van der Waals surface area contributed by atoms with Gasteiger partial charge in [-0.05, 0) is 38.0 Å². The van der Waals surface area contributed by atoms with Crippen LogP contribution in [-0.4, -0.2) is 65.9 Å². The number of piperazine rings is 1. The second-order valence-electron chi connectivity index (χ2n) is 5.95. The standard InChI is InChI=1S/C18H26FN3O2/c1-3-20(4-2)18(24)22-12-10-21(11-13-22)17(23)9-8-15-6-5-7-16(19)14-15/h5-7,14H,3-4,8-13H2,1-2H3. The number of urea groups is 1. The van der Waals surface area contributed by atoms with Gasteiger partial charge < -0.3 is 14.7 Å². The van der Waals surface area contributed by atoms with Crippen LogP contribution in [0.5, 0.6) is 0 Å². The summed E-state index contributed by atoms with van der Waals surface area (Å²) < 4.78 is 13.2. The van der Waals surface area contributed by atoms with Gasteiger partial charge in [-0.3, -0.25) is 4.79 Å². The number of amides is 3. The summed E-state index contributed by atoms with van der Waals surface area (Å²) in [4.78, 5) is 30.0. The molecular formula is C18H26FN3O2. The van der Waals surface area contributed by atoms with Crippen LogP contribution in [-0.2, 0) is 11.2 Å². The molecule has 0 bridgehead atoms. The molecule has 1 heterocycles. The summed E-state index contributed by atoms with van der Waals surface area (Å²) >= 11 is 0. The van der Waals surface area contributed by atoms with Gasteiger partial charge >= 0.3 is 6.03 Å². The van der Waals surface area contributed by atoms with Crippen LogP contribution in [0.2, 0.25) is 0 Å². The Balaban J connectivity index is 1.79. The third-order valence-corrected chi connectivity index (χ3v) is 4.45. The number of halogens is 1. The maximum Gasteiger partial charge on any atom is 0.320 e. The van der Waals surface area contributed by atoms with Gasteiger partial charge in [0.1, 0.15) is 5.82 Å². The van der Waals surface area contributed by atoms with Gasteiger partial charge in [0.25, 0.3) is 0 Å². The molecule has 0 atom stereocenters. The molecule has 6 heteroatoms. The Morgan fingerprint density at radius 3 is 2.29 bits per heavy atom. The fourth-order valence-electron chi connectivity index (χ4n) is 2.94. The van der Waals surface area contributed by atoms with Gasteiger partial charge in [0.15, 0.2) is 0 Å². The van der Waals surface area contributed by atoms with Crippen molar-refractivity contribution in [3.8, 4) is 0 Å². The van der Waals surface area contributed by atoms with Crippen molar-refractivity contribution in [2.45, 2.75) is 26.7 Å². The van der Waals surface area contributed by atoms with E-state index in [-0.39, 0.29) is 17.8 Å². The molecule has 0 aliphatic carbocycles. The Kier molecular flexibility index (Phi) is 6.58. The van der Waals surface area contributed by atoms with E-state index in [1.54, 1.807) is 15.9 Å². The summed E-state index contributed by atoms with van der Waals surface area (Å²) in [6.45, 7) is 7.59. The highest BCUT2D eigenvalue weighted by Gasteiger charge is 2.25. The predicted molar refractivity (Wildman–Crippen MR) is 91.2 cm³/mol. The summed E-state index contributed by atoms with van der Waals surface area (Å²) in [6, 6.07) is 6.40. The minimum atomic E-state index is -0.275. The van der Waals surface area contributed by atoms with E-state index >= 15 is 0 Å². The number of hydrogen-bond donors (Lipinski definition) is 0. The molecule has 0 aromatic heterocycles. The van der Waals surface area contributed by atoms with Crippen molar-refractivity contribution in [1.82, 2.24) is 14.7 Å². The van der Waals surface area contributed by atoms with Crippen LogP contribution in [0.25, 0.3) is 0 Å². The summed E-state index contributed by atoms with van der Waals surface area (Å²) in [5.41, 5.74) is 0.832. The summed E-state index contributed by atoms with van der Waals surface area (Å²) in [5, 5.41) is 0. The van der Waals surface area contributed by atoms with Crippen LogP contribution in [0.4, 0.5) is 9.18 Å².